The van der Waals surface area contributed by atoms with E-state index in [-0.39, 0.29) is 5.91 Å². The number of hydrogen-bond acceptors (Lipinski definition) is 2. The van der Waals surface area contributed by atoms with E-state index in [0.29, 0.717) is 0 Å². The highest BCUT2D eigenvalue weighted by Gasteiger charge is 2.16. The first-order chi connectivity index (χ1) is 8.22. The van der Waals surface area contributed by atoms with E-state index in [1.807, 2.05) is 18.2 Å². The van der Waals surface area contributed by atoms with Crippen LogP contribution in [0.4, 0.5) is 5.69 Å². The smallest absolute Gasteiger partial charge is 0.241 e. The molecule has 1 aromatic rings. The van der Waals surface area contributed by atoms with Crippen molar-refractivity contribution in [2.45, 2.75) is 32.6 Å². The monoisotopic (exact) mass is 228 g/mol. The topological polar surface area (TPSA) is 52.9 Å². The van der Waals surface area contributed by atoms with Crippen molar-refractivity contribution < 1.29 is 4.79 Å². The number of hydrogen-bond donors (Lipinski definition) is 1. The van der Waals surface area contributed by atoms with Crippen molar-refractivity contribution in [3.8, 4) is 6.07 Å². The largest absolute Gasteiger partial charge is 0.325 e. The number of aryl methyl sites for hydroxylation is 1. The van der Waals surface area contributed by atoms with Crippen molar-refractivity contribution in [3.05, 3.63) is 29.3 Å². The minimum atomic E-state index is -0.602. The summed E-state index contributed by atoms with van der Waals surface area (Å²) in [5.41, 5.74) is 3.46. The molecule has 0 saturated heterocycles. The maximum atomic E-state index is 11.7. The second-order valence-electron chi connectivity index (χ2n) is 4.49. The van der Waals surface area contributed by atoms with Gasteiger partial charge in [0.15, 0.2) is 0 Å². The van der Waals surface area contributed by atoms with Crippen LogP contribution in [-0.4, -0.2) is 5.91 Å². The lowest BCUT2D eigenvalue weighted by atomic mass is 9.90. The molecule has 0 saturated carbocycles. The zero-order valence-corrected chi connectivity index (χ0v) is 9.99. The first-order valence-electron chi connectivity index (χ1n) is 6.03. The summed E-state index contributed by atoms with van der Waals surface area (Å²) in [7, 11) is 0. The predicted molar refractivity (Wildman–Crippen MR) is 66.5 cm³/mol. The van der Waals surface area contributed by atoms with Crippen LogP contribution < -0.4 is 5.32 Å². The molecule has 1 aromatic carbocycles. The number of nitrogens with one attached hydrogen (secondary N) is 1. The van der Waals surface area contributed by atoms with Gasteiger partial charge in [-0.1, -0.05) is 12.1 Å². The molecular formula is C14H16N2O. The summed E-state index contributed by atoms with van der Waals surface area (Å²) < 4.78 is 0. The van der Waals surface area contributed by atoms with E-state index in [9.17, 15) is 4.79 Å². The molecule has 1 N–H and O–H groups in total. The Morgan fingerprint density at radius 2 is 2.18 bits per heavy atom. The highest BCUT2D eigenvalue weighted by Crippen LogP contribution is 2.28. The quantitative estimate of drug-likeness (QED) is 0.846. The number of carbonyl (C=O) groups is 1. The van der Waals surface area contributed by atoms with E-state index in [1.54, 1.807) is 6.92 Å². The van der Waals surface area contributed by atoms with Gasteiger partial charge in [-0.05, 0) is 49.8 Å². The van der Waals surface area contributed by atoms with Gasteiger partial charge in [-0.3, -0.25) is 4.79 Å². The number of nitrogens with zero attached hydrogens (tertiary/aromatic N) is 1. The molecule has 0 aromatic heterocycles. The summed E-state index contributed by atoms with van der Waals surface area (Å²) in [4.78, 5) is 11.7. The summed E-state index contributed by atoms with van der Waals surface area (Å²) in [6.45, 7) is 1.62. The Morgan fingerprint density at radius 1 is 1.41 bits per heavy atom. The van der Waals surface area contributed by atoms with Gasteiger partial charge in [0.05, 0.1) is 6.07 Å². The lowest BCUT2D eigenvalue weighted by Crippen LogP contribution is -2.20. The van der Waals surface area contributed by atoms with Gasteiger partial charge in [0.25, 0.3) is 0 Å². The maximum Gasteiger partial charge on any atom is 0.241 e. The van der Waals surface area contributed by atoms with E-state index >= 15 is 0 Å². The molecule has 1 unspecified atom stereocenters. The van der Waals surface area contributed by atoms with Gasteiger partial charge in [-0.2, -0.15) is 5.26 Å². The zero-order chi connectivity index (χ0) is 12.3. The molecule has 88 valence electrons. The molecule has 0 radical (unpaired) electrons. The number of benzene rings is 1. The summed E-state index contributed by atoms with van der Waals surface area (Å²) in [6, 6.07) is 7.97. The molecule has 0 spiro atoms. The molecule has 3 nitrogen and oxygen atoms in total. The Bertz CT molecular complexity index is 474. The second kappa shape index (κ2) is 5.01. The van der Waals surface area contributed by atoms with E-state index < -0.39 is 5.92 Å². The van der Waals surface area contributed by atoms with Crippen LogP contribution in [0.15, 0.2) is 18.2 Å². The van der Waals surface area contributed by atoms with Crippen LogP contribution in [0.1, 0.15) is 30.9 Å². The summed E-state index contributed by atoms with van der Waals surface area (Å²) >= 11 is 0. The second-order valence-corrected chi connectivity index (χ2v) is 4.49. The highest BCUT2D eigenvalue weighted by atomic mass is 16.1. The summed E-state index contributed by atoms with van der Waals surface area (Å²) in [6.07, 6.45) is 4.51. The van der Waals surface area contributed by atoms with E-state index in [0.717, 1.165) is 18.5 Å². The van der Waals surface area contributed by atoms with E-state index in [1.165, 1.54) is 24.0 Å². The number of carbonyl (C=O) groups excluding carboxylic acids is 1. The van der Waals surface area contributed by atoms with Gasteiger partial charge in [0, 0.05) is 5.69 Å². The Labute approximate surface area is 101 Å². The van der Waals surface area contributed by atoms with Gasteiger partial charge in [-0.15, -0.1) is 0 Å². The van der Waals surface area contributed by atoms with Crippen molar-refractivity contribution in [1.82, 2.24) is 0 Å². The molecule has 3 heteroatoms. The third-order valence-electron chi connectivity index (χ3n) is 3.24. The van der Waals surface area contributed by atoms with Crippen molar-refractivity contribution in [2.24, 2.45) is 5.92 Å². The molecule has 2 rings (SSSR count). The van der Waals surface area contributed by atoms with Gasteiger partial charge in [0.1, 0.15) is 5.92 Å². The van der Waals surface area contributed by atoms with Crippen molar-refractivity contribution in [3.63, 3.8) is 0 Å². The first kappa shape index (κ1) is 11.7. The van der Waals surface area contributed by atoms with Gasteiger partial charge in [0.2, 0.25) is 5.91 Å². The lowest BCUT2D eigenvalue weighted by molar-refractivity contribution is -0.117. The van der Waals surface area contributed by atoms with Crippen LogP contribution >= 0.6 is 0 Å². The molecule has 0 aliphatic heterocycles. The standard InChI is InChI=1S/C14H16N2O/c1-10(9-15)14(17)16-13-8-4-6-11-5-2-3-7-12(11)13/h4,6,8,10H,2-3,5,7H2,1H3,(H,16,17). The first-order valence-corrected chi connectivity index (χ1v) is 6.03. The van der Waals surface area contributed by atoms with Crippen molar-refractivity contribution >= 4 is 11.6 Å². The number of anilines is 1. The molecule has 1 atom stereocenters. The SMILES string of the molecule is CC(C#N)C(=O)Nc1cccc2c1CCCC2. The third kappa shape index (κ3) is 2.47. The van der Waals surface area contributed by atoms with Gasteiger partial charge < -0.3 is 5.32 Å². The minimum Gasteiger partial charge on any atom is -0.325 e. The molecule has 0 heterocycles. The molecule has 1 amide bonds. The number of amides is 1. The fraction of sp³-hybridized carbons (Fsp3) is 0.429. The minimum absolute atomic E-state index is 0.216. The average Bonchev–Trinajstić information content (AvgIpc) is 2.38. The Morgan fingerprint density at radius 3 is 2.94 bits per heavy atom. The van der Waals surface area contributed by atoms with Gasteiger partial charge >= 0.3 is 0 Å². The van der Waals surface area contributed by atoms with Crippen LogP contribution in [-0.2, 0) is 17.6 Å². The Kier molecular flexibility index (Phi) is 3.43. The van der Waals surface area contributed by atoms with E-state index in [2.05, 4.69) is 11.4 Å². The molecule has 1 aliphatic rings. The summed E-state index contributed by atoms with van der Waals surface area (Å²) in [5.74, 6) is -0.819. The fourth-order valence-electron chi connectivity index (χ4n) is 2.20. The zero-order valence-electron chi connectivity index (χ0n) is 9.99. The summed E-state index contributed by atoms with van der Waals surface area (Å²) in [5, 5.41) is 11.6. The van der Waals surface area contributed by atoms with Crippen LogP contribution in [0.2, 0.25) is 0 Å². The van der Waals surface area contributed by atoms with Crippen LogP contribution in [0.3, 0.4) is 0 Å². The van der Waals surface area contributed by atoms with Crippen LogP contribution in [0.5, 0.6) is 0 Å². The van der Waals surface area contributed by atoms with Crippen LogP contribution in [0, 0.1) is 17.2 Å². The maximum absolute atomic E-state index is 11.7. The predicted octanol–water partition coefficient (Wildman–Crippen LogP) is 2.66. The molecule has 17 heavy (non-hydrogen) atoms. The highest BCUT2D eigenvalue weighted by molar-refractivity contribution is 5.94. The number of fused-ring (bicyclic) bond motifs is 1. The van der Waals surface area contributed by atoms with Gasteiger partial charge in [-0.25, -0.2) is 0 Å². The lowest BCUT2D eigenvalue weighted by Gasteiger charge is -2.19. The molecule has 1 aliphatic carbocycles. The molecule has 0 fully saturated rings. The Hall–Kier alpha value is -1.82. The normalized spacial score (nSPS) is 15.5. The molecule has 0 bridgehead atoms. The van der Waals surface area contributed by atoms with E-state index in [4.69, 9.17) is 5.26 Å². The fourth-order valence-corrected chi connectivity index (χ4v) is 2.20. The van der Waals surface area contributed by atoms with Crippen molar-refractivity contribution in [1.29, 1.82) is 5.26 Å². The third-order valence-corrected chi connectivity index (χ3v) is 3.24. The van der Waals surface area contributed by atoms with Crippen LogP contribution in [0.25, 0.3) is 0 Å². The van der Waals surface area contributed by atoms with Crippen molar-refractivity contribution in [2.75, 3.05) is 5.32 Å². The number of rotatable bonds is 2. The average molecular weight is 228 g/mol. The number of nitriles is 1. The molecular weight excluding hydrogens is 212 g/mol. The Balaban J connectivity index is 2.22.